The standard InChI is InChI=1S/C42H25NOS/c1-2-13-29(14-3-1)43-36-19-9-8-17-34(36)42-41(43)40-33(18-10-20-39(40)45-42)31-16-7-6-15-30(31)28-21-22-32-35-23-26-11-4-5-12-27(26)24-38(35)44-37(32)25-28/h1-25H. The number of benzene rings is 7. The first kappa shape index (κ1) is 24.8. The van der Waals surface area contributed by atoms with E-state index in [1.54, 1.807) is 0 Å². The van der Waals surface area contributed by atoms with Gasteiger partial charge in [0.2, 0.25) is 0 Å². The summed E-state index contributed by atoms with van der Waals surface area (Å²) in [5.41, 5.74) is 10.3. The van der Waals surface area contributed by atoms with E-state index in [2.05, 4.69) is 156 Å². The number of hydrogen-bond donors (Lipinski definition) is 0. The van der Waals surface area contributed by atoms with E-state index in [4.69, 9.17) is 4.42 Å². The molecule has 0 aliphatic rings. The Morgan fingerprint density at radius 2 is 1.20 bits per heavy atom. The largest absolute Gasteiger partial charge is 0.456 e. The van der Waals surface area contributed by atoms with Crippen molar-refractivity contribution in [2.24, 2.45) is 0 Å². The summed E-state index contributed by atoms with van der Waals surface area (Å²) in [5.74, 6) is 0. The Labute approximate surface area is 263 Å². The van der Waals surface area contributed by atoms with Crippen LogP contribution in [-0.2, 0) is 0 Å². The maximum absolute atomic E-state index is 6.48. The monoisotopic (exact) mass is 591 g/mol. The number of hydrogen-bond acceptors (Lipinski definition) is 2. The quantitative estimate of drug-likeness (QED) is 0.200. The highest BCUT2D eigenvalue weighted by atomic mass is 32.1. The smallest absolute Gasteiger partial charge is 0.136 e. The van der Waals surface area contributed by atoms with Crippen molar-refractivity contribution in [1.29, 1.82) is 0 Å². The Balaban J connectivity index is 1.23. The average Bonchev–Trinajstić information content (AvgIpc) is 3.75. The molecule has 0 saturated heterocycles. The van der Waals surface area contributed by atoms with E-state index in [0.29, 0.717) is 0 Å². The molecule has 0 bridgehead atoms. The van der Waals surface area contributed by atoms with E-state index in [-0.39, 0.29) is 0 Å². The summed E-state index contributed by atoms with van der Waals surface area (Å²) in [6, 6.07) is 54.6. The third-order valence-corrected chi connectivity index (χ3v) is 10.4. The average molecular weight is 592 g/mol. The number of fused-ring (bicyclic) bond motifs is 9. The summed E-state index contributed by atoms with van der Waals surface area (Å²) in [6.07, 6.45) is 0. The minimum atomic E-state index is 0.910. The van der Waals surface area contributed by atoms with Gasteiger partial charge < -0.3 is 8.98 Å². The number of rotatable bonds is 3. The maximum Gasteiger partial charge on any atom is 0.136 e. The van der Waals surface area contributed by atoms with Crippen LogP contribution in [-0.4, -0.2) is 4.57 Å². The van der Waals surface area contributed by atoms with E-state index >= 15 is 0 Å². The molecule has 0 N–H and O–H groups in total. The molecule has 0 unspecified atom stereocenters. The van der Waals surface area contributed by atoms with Gasteiger partial charge in [0, 0.05) is 31.9 Å². The van der Waals surface area contributed by atoms with Crippen LogP contribution in [0, 0.1) is 0 Å². The van der Waals surface area contributed by atoms with Crippen LogP contribution in [0.2, 0.25) is 0 Å². The van der Waals surface area contributed by atoms with Gasteiger partial charge in [0.05, 0.1) is 15.7 Å². The van der Waals surface area contributed by atoms with Crippen molar-refractivity contribution in [2.45, 2.75) is 0 Å². The molecule has 7 aromatic carbocycles. The SMILES string of the molecule is c1ccc(-n2c3ccccc3c3sc4cccc(-c5ccccc5-c5ccc6c(c5)oc5cc7ccccc7cc56)c4c32)cc1. The first-order valence-corrected chi connectivity index (χ1v) is 16.1. The maximum atomic E-state index is 6.48. The van der Waals surface area contributed by atoms with Crippen LogP contribution in [0.3, 0.4) is 0 Å². The number of furan rings is 1. The van der Waals surface area contributed by atoms with Crippen molar-refractivity contribution in [3.63, 3.8) is 0 Å². The summed E-state index contributed by atoms with van der Waals surface area (Å²) < 4.78 is 11.5. The molecule has 0 radical (unpaired) electrons. The number of para-hydroxylation sites is 2. The molecule has 45 heavy (non-hydrogen) atoms. The summed E-state index contributed by atoms with van der Waals surface area (Å²) >= 11 is 1.89. The molecule has 10 rings (SSSR count). The number of nitrogens with zero attached hydrogens (tertiary/aromatic N) is 1. The van der Waals surface area contributed by atoms with Gasteiger partial charge >= 0.3 is 0 Å². The zero-order valence-corrected chi connectivity index (χ0v) is 25.0. The molecule has 3 aromatic heterocycles. The van der Waals surface area contributed by atoms with Crippen LogP contribution in [0.5, 0.6) is 0 Å². The molecule has 3 heterocycles. The third kappa shape index (κ3) is 3.62. The molecular formula is C42H25NOS. The first-order chi connectivity index (χ1) is 22.3. The van der Waals surface area contributed by atoms with Gasteiger partial charge in [-0.05, 0) is 81.6 Å². The molecule has 2 nitrogen and oxygen atoms in total. The van der Waals surface area contributed by atoms with Gasteiger partial charge in [-0.15, -0.1) is 11.3 Å². The molecule has 0 fully saturated rings. The van der Waals surface area contributed by atoms with Crippen LogP contribution in [0.15, 0.2) is 156 Å². The van der Waals surface area contributed by atoms with Crippen LogP contribution in [0.1, 0.15) is 0 Å². The van der Waals surface area contributed by atoms with Crippen molar-refractivity contribution in [1.82, 2.24) is 4.57 Å². The second kappa shape index (κ2) is 9.43. The molecular weight excluding hydrogens is 567 g/mol. The van der Waals surface area contributed by atoms with Gasteiger partial charge in [-0.25, -0.2) is 0 Å². The van der Waals surface area contributed by atoms with Gasteiger partial charge in [0.15, 0.2) is 0 Å². The summed E-state index contributed by atoms with van der Waals surface area (Å²) in [7, 11) is 0. The van der Waals surface area contributed by atoms with E-state index in [9.17, 15) is 0 Å². The number of thiophene rings is 1. The highest BCUT2D eigenvalue weighted by Crippen LogP contribution is 2.47. The molecule has 10 aromatic rings. The van der Waals surface area contributed by atoms with Gasteiger partial charge in [-0.2, -0.15) is 0 Å². The van der Waals surface area contributed by atoms with E-state index in [1.165, 1.54) is 64.4 Å². The van der Waals surface area contributed by atoms with Crippen molar-refractivity contribution in [3.05, 3.63) is 152 Å². The summed E-state index contributed by atoms with van der Waals surface area (Å²) in [4.78, 5) is 0. The summed E-state index contributed by atoms with van der Waals surface area (Å²) in [6.45, 7) is 0. The molecule has 0 atom stereocenters. The lowest BCUT2D eigenvalue weighted by atomic mass is 9.92. The molecule has 3 heteroatoms. The second-order valence-electron chi connectivity index (χ2n) is 11.7. The lowest BCUT2D eigenvalue weighted by Gasteiger charge is -2.13. The van der Waals surface area contributed by atoms with E-state index in [0.717, 1.165) is 27.5 Å². The Bertz CT molecular complexity index is 2760. The third-order valence-electron chi connectivity index (χ3n) is 9.19. The predicted octanol–water partition coefficient (Wildman–Crippen LogP) is 12.4. The fourth-order valence-electron chi connectivity index (χ4n) is 7.18. The highest BCUT2D eigenvalue weighted by molar-refractivity contribution is 7.26. The first-order valence-electron chi connectivity index (χ1n) is 15.3. The van der Waals surface area contributed by atoms with E-state index < -0.39 is 0 Å². The van der Waals surface area contributed by atoms with Gasteiger partial charge in [0.25, 0.3) is 0 Å². The van der Waals surface area contributed by atoms with Crippen molar-refractivity contribution in [3.8, 4) is 27.9 Å². The van der Waals surface area contributed by atoms with Crippen molar-refractivity contribution < 1.29 is 4.42 Å². The lowest BCUT2D eigenvalue weighted by Crippen LogP contribution is -1.94. The second-order valence-corrected chi connectivity index (χ2v) is 12.8. The zero-order valence-electron chi connectivity index (χ0n) is 24.2. The number of aromatic nitrogens is 1. The Morgan fingerprint density at radius 1 is 0.489 bits per heavy atom. The molecule has 0 amide bonds. The lowest BCUT2D eigenvalue weighted by molar-refractivity contribution is 0.669. The molecule has 0 aliphatic carbocycles. The molecule has 0 spiro atoms. The Morgan fingerprint density at radius 3 is 2.09 bits per heavy atom. The fourth-order valence-corrected chi connectivity index (χ4v) is 8.43. The topological polar surface area (TPSA) is 18.1 Å². The molecule has 0 saturated carbocycles. The van der Waals surface area contributed by atoms with Gasteiger partial charge in [0.1, 0.15) is 11.2 Å². The minimum absolute atomic E-state index is 0.910. The van der Waals surface area contributed by atoms with Crippen LogP contribution in [0.25, 0.3) is 91.9 Å². The predicted molar refractivity (Wildman–Crippen MR) is 192 cm³/mol. The van der Waals surface area contributed by atoms with Gasteiger partial charge in [-0.1, -0.05) is 103 Å². The summed E-state index contributed by atoms with van der Waals surface area (Å²) in [5, 5.41) is 7.30. The van der Waals surface area contributed by atoms with Crippen LogP contribution < -0.4 is 0 Å². The minimum Gasteiger partial charge on any atom is -0.456 e. The molecule has 0 aliphatic heterocycles. The van der Waals surface area contributed by atoms with Crippen molar-refractivity contribution in [2.75, 3.05) is 0 Å². The Kier molecular flexibility index (Phi) is 5.19. The fraction of sp³-hybridized carbons (Fsp3) is 0. The molecule has 210 valence electrons. The van der Waals surface area contributed by atoms with Crippen LogP contribution >= 0.6 is 11.3 Å². The van der Waals surface area contributed by atoms with Crippen molar-refractivity contribution >= 4 is 75.3 Å². The van der Waals surface area contributed by atoms with Crippen LogP contribution in [0.4, 0.5) is 0 Å². The van der Waals surface area contributed by atoms with Gasteiger partial charge in [-0.3, -0.25) is 0 Å². The van der Waals surface area contributed by atoms with E-state index in [1.807, 2.05) is 11.3 Å². The zero-order chi connectivity index (χ0) is 29.5. The Hall–Kier alpha value is -5.64. The normalized spacial score (nSPS) is 12.0. The highest BCUT2D eigenvalue weighted by Gasteiger charge is 2.21.